The Balaban J connectivity index is 2.29. The minimum absolute atomic E-state index is 0.247. The van der Waals surface area contributed by atoms with Gasteiger partial charge in [0, 0.05) is 12.5 Å². The summed E-state index contributed by atoms with van der Waals surface area (Å²) in [6, 6.07) is -0.556. The van der Waals surface area contributed by atoms with Crippen LogP contribution in [-0.2, 0) is 14.3 Å². The van der Waals surface area contributed by atoms with Crippen LogP contribution in [0.2, 0.25) is 0 Å². The number of carbonyl (C=O) groups excluding carboxylic acids is 1. The lowest BCUT2D eigenvalue weighted by Crippen LogP contribution is -2.43. The molecule has 0 spiro atoms. The Bertz CT molecular complexity index is 216. The Morgan fingerprint density at radius 2 is 2.27 bits per heavy atom. The zero-order valence-electron chi connectivity index (χ0n) is 9.79. The molecular weight excluding hydrogens is 194 g/mol. The molecule has 0 aromatic heterocycles. The van der Waals surface area contributed by atoms with E-state index in [2.05, 4.69) is 0 Å². The number of hydrogen-bond acceptors (Lipinski definition) is 4. The molecule has 2 atom stereocenters. The molecule has 1 aliphatic heterocycles. The third-order valence-corrected chi connectivity index (χ3v) is 2.67. The van der Waals surface area contributed by atoms with Gasteiger partial charge in [-0.25, -0.2) is 0 Å². The molecule has 15 heavy (non-hydrogen) atoms. The van der Waals surface area contributed by atoms with Crippen LogP contribution in [0, 0.1) is 11.3 Å². The van der Waals surface area contributed by atoms with Crippen LogP contribution >= 0.6 is 0 Å². The van der Waals surface area contributed by atoms with Gasteiger partial charge in [0.25, 0.3) is 0 Å². The quantitative estimate of drug-likeness (QED) is 0.712. The highest BCUT2D eigenvalue weighted by Crippen LogP contribution is 2.19. The molecule has 0 aromatic carbocycles. The first-order valence-corrected chi connectivity index (χ1v) is 5.41. The van der Waals surface area contributed by atoms with Crippen LogP contribution < -0.4 is 5.73 Å². The molecule has 1 heterocycles. The second kappa shape index (κ2) is 4.94. The first-order valence-electron chi connectivity index (χ1n) is 5.41. The smallest absolute Gasteiger partial charge is 0.323 e. The van der Waals surface area contributed by atoms with Crippen LogP contribution in [0.3, 0.4) is 0 Å². The van der Waals surface area contributed by atoms with Gasteiger partial charge in [0.1, 0.15) is 6.04 Å². The molecule has 4 heteroatoms. The van der Waals surface area contributed by atoms with Gasteiger partial charge < -0.3 is 15.2 Å². The van der Waals surface area contributed by atoms with Crippen molar-refractivity contribution in [3.05, 3.63) is 0 Å². The number of rotatable bonds is 3. The minimum atomic E-state index is -0.556. The summed E-state index contributed by atoms with van der Waals surface area (Å²) in [7, 11) is 0. The van der Waals surface area contributed by atoms with Crippen LogP contribution in [0.1, 0.15) is 27.2 Å². The summed E-state index contributed by atoms with van der Waals surface area (Å²) in [6.07, 6.45) is 0.970. The Kier molecular flexibility index (Phi) is 4.11. The lowest BCUT2D eigenvalue weighted by Gasteiger charge is -2.25. The van der Waals surface area contributed by atoms with Crippen LogP contribution in [-0.4, -0.2) is 31.8 Å². The Morgan fingerprint density at radius 3 is 2.73 bits per heavy atom. The second-order valence-electron chi connectivity index (χ2n) is 5.20. The van der Waals surface area contributed by atoms with E-state index in [9.17, 15) is 4.79 Å². The van der Waals surface area contributed by atoms with Gasteiger partial charge in [-0.05, 0) is 11.8 Å². The predicted octanol–water partition coefficient (Wildman–Crippen LogP) is 0.940. The van der Waals surface area contributed by atoms with Crippen LogP contribution in [0.5, 0.6) is 0 Å². The van der Waals surface area contributed by atoms with Gasteiger partial charge in [0.2, 0.25) is 0 Å². The summed E-state index contributed by atoms with van der Waals surface area (Å²) in [4.78, 5) is 11.6. The fraction of sp³-hybridized carbons (Fsp3) is 0.909. The SMILES string of the molecule is CC(C)(C)C(N)C(=O)OCC1CCOC1. The minimum Gasteiger partial charge on any atom is -0.464 e. The summed E-state index contributed by atoms with van der Waals surface area (Å²) < 4.78 is 10.4. The standard InChI is InChI=1S/C11H21NO3/c1-11(2,3)9(12)10(13)15-7-8-4-5-14-6-8/h8-9H,4-7,12H2,1-3H3. The zero-order valence-corrected chi connectivity index (χ0v) is 9.79. The van der Waals surface area contributed by atoms with Crippen molar-refractivity contribution in [2.75, 3.05) is 19.8 Å². The van der Waals surface area contributed by atoms with Crippen LogP contribution in [0.4, 0.5) is 0 Å². The van der Waals surface area contributed by atoms with Gasteiger partial charge in [0.15, 0.2) is 0 Å². The topological polar surface area (TPSA) is 61.6 Å². The highest BCUT2D eigenvalue weighted by atomic mass is 16.5. The van der Waals surface area contributed by atoms with Crippen molar-refractivity contribution in [3.8, 4) is 0 Å². The maximum atomic E-state index is 11.6. The van der Waals surface area contributed by atoms with Gasteiger partial charge in [-0.15, -0.1) is 0 Å². The zero-order chi connectivity index (χ0) is 11.5. The number of nitrogens with two attached hydrogens (primary N) is 1. The Morgan fingerprint density at radius 1 is 1.60 bits per heavy atom. The molecule has 4 nitrogen and oxygen atoms in total. The fourth-order valence-corrected chi connectivity index (χ4v) is 1.36. The fourth-order valence-electron chi connectivity index (χ4n) is 1.36. The highest BCUT2D eigenvalue weighted by Gasteiger charge is 2.29. The van der Waals surface area contributed by atoms with Crippen LogP contribution in [0.15, 0.2) is 0 Å². The van der Waals surface area contributed by atoms with Crippen molar-refractivity contribution < 1.29 is 14.3 Å². The summed E-state index contributed by atoms with van der Waals surface area (Å²) >= 11 is 0. The van der Waals surface area contributed by atoms with Crippen molar-refractivity contribution in [1.82, 2.24) is 0 Å². The second-order valence-corrected chi connectivity index (χ2v) is 5.20. The molecule has 1 saturated heterocycles. The number of ether oxygens (including phenoxy) is 2. The Hall–Kier alpha value is -0.610. The van der Waals surface area contributed by atoms with Crippen molar-refractivity contribution in [3.63, 3.8) is 0 Å². The van der Waals surface area contributed by atoms with Gasteiger partial charge in [-0.1, -0.05) is 20.8 Å². The number of carbonyl (C=O) groups is 1. The van der Waals surface area contributed by atoms with Gasteiger partial charge in [-0.2, -0.15) is 0 Å². The summed E-state index contributed by atoms with van der Waals surface area (Å²) in [5.74, 6) is 0.0375. The molecule has 0 radical (unpaired) electrons. The molecular formula is C11H21NO3. The molecule has 1 fully saturated rings. The molecule has 0 amide bonds. The normalized spacial score (nSPS) is 23.9. The maximum absolute atomic E-state index is 11.6. The van der Waals surface area contributed by atoms with E-state index >= 15 is 0 Å². The molecule has 1 rings (SSSR count). The molecule has 0 bridgehead atoms. The summed E-state index contributed by atoms with van der Waals surface area (Å²) in [5, 5.41) is 0. The average molecular weight is 215 g/mol. The molecule has 88 valence electrons. The molecule has 1 aliphatic rings. The van der Waals surface area contributed by atoms with E-state index < -0.39 is 6.04 Å². The monoisotopic (exact) mass is 215 g/mol. The van der Waals surface area contributed by atoms with Gasteiger partial charge in [-0.3, -0.25) is 4.79 Å². The first-order chi connectivity index (χ1) is 6.91. The highest BCUT2D eigenvalue weighted by molar-refractivity contribution is 5.76. The van der Waals surface area contributed by atoms with E-state index in [4.69, 9.17) is 15.2 Å². The van der Waals surface area contributed by atoms with Gasteiger partial charge in [0.05, 0.1) is 13.2 Å². The van der Waals surface area contributed by atoms with Crippen molar-refractivity contribution in [1.29, 1.82) is 0 Å². The average Bonchev–Trinajstić information content (AvgIpc) is 2.63. The number of hydrogen-bond donors (Lipinski definition) is 1. The van der Waals surface area contributed by atoms with E-state index in [1.54, 1.807) is 0 Å². The Labute approximate surface area is 91.1 Å². The molecule has 0 aromatic rings. The maximum Gasteiger partial charge on any atom is 0.323 e. The lowest BCUT2D eigenvalue weighted by molar-refractivity contribution is -0.149. The van der Waals surface area contributed by atoms with Crippen molar-refractivity contribution in [2.45, 2.75) is 33.2 Å². The van der Waals surface area contributed by atoms with Crippen LogP contribution in [0.25, 0.3) is 0 Å². The van der Waals surface area contributed by atoms with E-state index in [1.807, 2.05) is 20.8 Å². The molecule has 2 unspecified atom stereocenters. The molecule has 2 N–H and O–H groups in total. The van der Waals surface area contributed by atoms with E-state index in [-0.39, 0.29) is 11.4 Å². The lowest BCUT2D eigenvalue weighted by atomic mass is 9.87. The van der Waals surface area contributed by atoms with E-state index in [0.29, 0.717) is 19.1 Å². The molecule has 0 aliphatic carbocycles. The first kappa shape index (κ1) is 12.5. The van der Waals surface area contributed by atoms with Crippen molar-refractivity contribution in [2.24, 2.45) is 17.1 Å². The summed E-state index contributed by atoms with van der Waals surface area (Å²) in [6.45, 7) is 7.68. The van der Waals surface area contributed by atoms with Crippen molar-refractivity contribution >= 4 is 5.97 Å². The third-order valence-electron chi connectivity index (χ3n) is 2.67. The largest absolute Gasteiger partial charge is 0.464 e. The third kappa shape index (κ3) is 3.80. The predicted molar refractivity (Wildman–Crippen MR) is 57.3 cm³/mol. The van der Waals surface area contributed by atoms with E-state index in [0.717, 1.165) is 13.0 Å². The molecule has 0 saturated carbocycles. The van der Waals surface area contributed by atoms with Gasteiger partial charge >= 0.3 is 5.97 Å². The van der Waals surface area contributed by atoms with E-state index in [1.165, 1.54) is 0 Å². The summed E-state index contributed by atoms with van der Waals surface area (Å²) in [5.41, 5.74) is 5.53. The number of esters is 1.